The molecular formula is C24H36BrN7O6. The largest absolute Gasteiger partial charge is 0.468 e. The van der Waals surface area contributed by atoms with Crippen molar-refractivity contribution in [3.05, 3.63) is 45.0 Å². The fourth-order valence-electron chi connectivity index (χ4n) is 2.99. The molecule has 0 aliphatic heterocycles. The first kappa shape index (κ1) is 32.5. The summed E-state index contributed by atoms with van der Waals surface area (Å²) in [5.74, 6) is 1.56. The summed E-state index contributed by atoms with van der Waals surface area (Å²) in [6.07, 6.45) is 2.89. The third-order valence-corrected chi connectivity index (χ3v) is 6.35. The molecule has 3 heterocycles. The van der Waals surface area contributed by atoms with Crippen LogP contribution in [0.15, 0.2) is 10.5 Å². The van der Waals surface area contributed by atoms with Crippen LogP contribution in [0.1, 0.15) is 40.8 Å². The number of carbonyl (C=O) groups is 3. The lowest BCUT2D eigenvalue weighted by molar-refractivity contribution is -0.129. The Labute approximate surface area is 230 Å². The van der Waals surface area contributed by atoms with Gasteiger partial charge in [-0.05, 0) is 55.6 Å². The molecule has 0 N–H and O–H groups in total. The molecule has 3 aromatic heterocycles. The lowest BCUT2D eigenvalue weighted by Crippen LogP contribution is -1.99. The lowest BCUT2D eigenvalue weighted by atomic mass is 10.2. The molecule has 3 aromatic rings. The van der Waals surface area contributed by atoms with E-state index in [9.17, 15) is 14.4 Å². The van der Waals surface area contributed by atoms with Crippen molar-refractivity contribution in [1.29, 1.82) is 0 Å². The fourth-order valence-corrected chi connectivity index (χ4v) is 3.52. The van der Waals surface area contributed by atoms with Gasteiger partial charge in [-0.1, -0.05) is 0 Å². The van der Waals surface area contributed by atoms with Gasteiger partial charge in [0.1, 0.15) is 5.82 Å². The molecule has 0 aliphatic rings. The molecule has 0 unspecified atom stereocenters. The van der Waals surface area contributed by atoms with Crippen molar-refractivity contribution in [3.8, 4) is 0 Å². The SMILES string of the molecule is Cc1c(Br)c(CCOC=O)nn1C.Cc1cc(CCCOC=O)nn1C.Cc1nc(CCOC=O)nn1C. The van der Waals surface area contributed by atoms with E-state index in [1.807, 2.05) is 52.7 Å². The fraction of sp³-hybridized carbons (Fsp3) is 0.542. The van der Waals surface area contributed by atoms with Crippen LogP contribution in [0.3, 0.4) is 0 Å². The Bertz CT molecular complexity index is 1100. The molecule has 0 atom stereocenters. The number of halogens is 1. The number of nitrogens with zero attached hydrogens (tertiary/aromatic N) is 7. The van der Waals surface area contributed by atoms with Gasteiger partial charge in [-0.25, -0.2) is 4.98 Å². The number of aromatic nitrogens is 7. The molecule has 38 heavy (non-hydrogen) atoms. The Balaban J connectivity index is 0.000000285. The van der Waals surface area contributed by atoms with Crippen LogP contribution >= 0.6 is 15.9 Å². The molecule has 210 valence electrons. The number of hydrogen-bond acceptors (Lipinski definition) is 10. The van der Waals surface area contributed by atoms with Crippen LogP contribution in [-0.4, -0.2) is 73.6 Å². The first-order valence-corrected chi connectivity index (χ1v) is 12.6. The Kier molecular flexibility index (Phi) is 15.2. The summed E-state index contributed by atoms with van der Waals surface area (Å²) in [6, 6.07) is 2.04. The summed E-state index contributed by atoms with van der Waals surface area (Å²) < 4.78 is 20.0. The molecule has 3 rings (SSSR count). The number of rotatable bonds is 13. The average molecular weight is 598 g/mol. The number of carbonyl (C=O) groups excluding carboxylic acids is 3. The quantitative estimate of drug-likeness (QED) is 0.162. The molecule has 0 radical (unpaired) electrons. The Hall–Kier alpha value is -3.55. The minimum absolute atomic E-state index is 0.340. The monoisotopic (exact) mass is 597 g/mol. The van der Waals surface area contributed by atoms with Gasteiger partial charge in [0.2, 0.25) is 0 Å². The van der Waals surface area contributed by atoms with Gasteiger partial charge in [0.25, 0.3) is 19.4 Å². The molecule has 0 saturated carbocycles. The van der Waals surface area contributed by atoms with Crippen molar-refractivity contribution in [2.24, 2.45) is 21.1 Å². The van der Waals surface area contributed by atoms with E-state index in [-0.39, 0.29) is 0 Å². The van der Waals surface area contributed by atoms with Gasteiger partial charge in [-0.15, -0.1) is 0 Å². The third kappa shape index (κ3) is 11.7. The zero-order valence-corrected chi connectivity index (χ0v) is 24.3. The van der Waals surface area contributed by atoms with Gasteiger partial charge >= 0.3 is 0 Å². The second-order valence-corrected chi connectivity index (χ2v) is 8.87. The van der Waals surface area contributed by atoms with Crippen molar-refractivity contribution in [1.82, 2.24) is 34.3 Å². The van der Waals surface area contributed by atoms with Crippen LogP contribution in [0.5, 0.6) is 0 Å². The van der Waals surface area contributed by atoms with Crippen molar-refractivity contribution in [3.63, 3.8) is 0 Å². The number of aryl methyl sites for hydroxylation is 6. The van der Waals surface area contributed by atoms with E-state index >= 15 is 0 Å². The maximum Gasteiger partial charge on any atom is 0.293 e. The molecule has 14 heteroatoms. The Morgan fingerprint density at radius 3 is 1.87 bits per heavy atom. The van der Waals surface area contributed by atoms with Crippen LogP contribution in [0, 0.1) is 20.8 Å². The number of hydrogen-bond donors (Lipinski definition) is 0. The van der Waals surface area contributed by atoms with E-state index in [4.69, 9.17) is 0 Å². The van der Waals surface area contributed by atoms with Crippen molar-refractivity contribution in [2.45, 2.75) is 46.5 Å². The first-order chi connectivity index (χ1) is 18.1. The summed E-state index contributed by atoms with van der Waals surface area (Å²) in [5.41, 5.74) is 4.18. The normalized spacial score (nSPS) is 9.97. The molecule has 0 fully saturated rings. The van der Waals surface area contributed by atoms with E-state index in [2.05, 4.69) is 50.4 Å². The molecule has 0 saturated heterocycles. The van der Waals surface area contributed by atoms with Crippen LogP contribution in [0.4, 0.5) is 0 Å². The topological polar surface area (TPSA) is 145 Å². The van der Waals surface area contributed by atoms with Crippen LogP contribution in [0.2, 0.25) is 0 Å². The summed E-state index contributed by atoms with van der Waals surface area (Å²) in [4.78, 5) is 33.7. The van der Waals surface area contributed by atoms with E-state index < -0.39 is 0 Å². The van der Waals surface area contributed by atoms with Crippen LogP contribution in [-0.2, 0) is 69.0 Å². The van der Waals surface area contributed by atoms with E-state index in [0.29, 0.717) is 57.9 Å². The highest BCUT2D eigenvalue weighted by Crippen LogP contribution is 2.20. The standard InChI is InChI=1S/C9H14N2O2.C8H11BrN2O2.C7H11N3O2/c1-8-6-9(10-11(8)2)4-3-5-13-7-12;1-6-8(9)7(10-11(6)2)3-4-13-5-12;1-6-8-7(9-10(6)2)3-4-12-5-11/h6-7H,3-5H2,1-2H3;5H,3-4H2,1-2H3;5H,3-4H2,1-2H3. The summed E-state index contributed by atoms with van der Waals surface area (Å²) in [7, 11) is 5.62. The predicted molar refractivity (Wildman–Crippen MR) is 141 cm³/mol. The molecule has 0 spiro atoms. The molecule has 0 aliphatic carbocycles. The Morgan fingerprint density at radius 2 is 1.39 bits per heavy atom. The van der Waals surface area contributed by atoms with Crippen LogP contribution < -0.4 is 0 Å². The van der Waals surface area contributed by atoms with E-state index in [1.165, 1.54) is 0 Å². The van der Waals surface area contributed by atoms with Gasteiger partial charge in [0.05, 0.1) is 35.7 Å². The van der Waals surface area contributed by atoms with Gasteiger partial charge in [0, 0.05) is 45.4 Å². The second kappa shape index (κ2) is 17.8. The summed E-state index contributed by atoms with van der Waals surface area (Å²) >= 11 is 3.43. The minimum atomic E-state index is 0.340. The Morgan fingerprint density at radius 1 is 0.789 bits per heavy atom. The van der Waals surface area contributed by atoms with Gasteiger partial charge < -0.3 is 14.2 Å². The smallest absolute Gasteiger partial charge is 0.293 e. The van der Waals surface area contributed by atoms with Gasteiger partial charge in [-0.3, -0.25) is 28.4 Å². The highest BCUT2D eigenvalue weighted by molar-refractivity contribution is 9.10. The van der Waals surface area contributed by atoms with E-state index in [0.717, 1.165) is 45.9 Å². The summed E-state index contributed by atoms with van der Waals surface area (Å²) in [6.45, 7) is 8.39. The molecule has 13 nitrogen and oxygen atoms in total. The van der Waals surface area contributed by atoms with Crippen LogP contribution in [0.25, 0.3) is 0 Å². The van der Waals surface area contributed by atoms with E-state index in [1.54, 1.807) is 9.36 Å². The second-order valence-electron chi connectivity index (χ2n) is 8.07. The van der Waals surface area contributed by atoms with Crippen molar-refractivity contribution < 1.29 is 28.6 Å². The maximum atomic E-state index is 9.89. The zero-order valence-electron chi connectivity index (χ0n) is 22.7. The van der Waals surface area contributed by atoms with Gasteiger partial charge in [-0.2, -0.15) is 15.3 Å². The third-order valence-electron chi connectivity index (χ3n) is 5.32. The van der Waals surface area contributed by atoms with Crippen molar-refractivity contribution >= 4 is 35.3 Å². The molecular weight excluding hydrogens is 562 g/mol. The highest BCUT2D eigenvalue weighted by atomic mass is 79.9. The predicted octanol–water partition coefficient (Wildman–Crippen LogP) is 1.88. The zero-order chi connectivity index (χ0) is 28.5. The summed E-state index contributed by atoms with van der Waals surface area (Å²) in [5, 5.41) is 12.6. The molecule has 0 amide bonds. The average Bonchev–Trinajstić information content (AvgIpc) is 3.47. The van der Waals surface area contributed by atoms with Crippen molar-refractivity contribution in [2.75, 3.05) is 19.8 Å². The lowest BCUT2D eigenvalue weighted by Gasteiger charge is -1.95. The van der Waals surface area contributed by atoms with Gasteiger partial charge in [0.15, 0.2) is 5.82 Å². The minimum Gasteiger partial charge on any atom is -0.468 e. The highest BCUT2D eigenvalue weighted by Gasteiger charge is 2.09. The number of ether oxygens (including phenoxy) is 3. The first-order valence-electron chi connectivity index (χ1n) is 11.8. The molecule has 0 bridgehead atoms. The maximum absolute atomic E-state index is 9.89. The molecule has 0 aromatic carbocycles.